The molecule has 1 aromatic heterocycles. The SMILES string of the molecule is Cc1ccsc1C(C)NCCCC(F)(F)F. The van der Waals surface area contributed by atoms with Crippen molar-refractivity contribution in [1.82, 2.24) is 5.32 Å². The van der Waals surface area contributed by atoms with Crippen molar-refractivity contribution in [2.75, 3.05) is 6.54 Å². The van der Waals surface area contributed by atoms with Gasteiger partial charge in [-0.25, -0.2) is 0 Å². The molecule has 0 spiro atoms. The van der Waals surface area contributed by atoms with Crippen molar-refractivity contribution < 1.29 is 13.2 Å². The van der Waals surface area contributed by atoms with Crippen molar-refractivity contribution >= 4 is 11.3 Å². The first-order chi connectivity index (χ1) is 7.40. The van der Waals surface area contributed by atoms with Gasteiger partial charge in [-0.2, -0.15) is 13.2 Å². The Kier molecular flexibility index (Phi) is 4.80. The topological polar surface area (TPSA) is 12.0 Å². The van der Waals surface area contributed by atoms with Gasteiger partial charge in [-0.15, -0.1) is 11.3 Å². The quantitative estimate of drug-likeness (QED) is 0.778. The van der Waals surface area contributed by atoms with E-state index >= 15 is 0 Å². The smallest absolute Gasteiger partial charge is 0.309 e. The summed E-state index contributed by atoms with van der Waals surface area (Å²) in [6.45, 7) is 4.39. The van der Waals surface area contributed by atoms with Gasteiger partial charge in [0.15, 0.2) is 0 Å². The first kappa shape index (κ1) is 13.5. The summed E-state index contributed by atoms with van der Waals surface area (Å²) >= 11 is 1.64. The molecule has 0 bridgehead atoms. The van der Waals surface area contributed by atoms with Gasteiger partial charge in [-0.1, -0.05) is 0 Å². The average Bonchev–Trinajstić information content (AvgIpc) is 2.57. The summed E-state index contributed by atoms with van der Waals surface area (Å²) in [5.41, 5.74) is 1.20. The monoisotopic (exact) mass is 251 g/mol. The van der Waals surface area contributed by atoms with Crippen LogP contribution in [0.25, 0.3) is 0 Å². The lowest BCUT2D eigenvalue weighted by Crippen LogP contribution is -2.21. The van der Waals surface area contributed by atoms with E-state index in [1.807, 2.05) is 25.3 Å². The summed E-state index contributed by atoms with van der Waals surface area (Å²) < 4.78 is 35.7. The number of hydrogen-bond acceptors (Lipinski definition) is 2. The molecule has 0 radical (unpaired) electrons. The van der Waals surface area contributed by atoms with Crippen LogP contribution >= 0.6 is 11.3 Å². The van der Waals surface area contributed by atoms with Gasteiger partial charge in [-0.05, 0) is 43.8 Å². The van der Waals surface area contributed by atoms with Crippen LogP contribution in [-0.4, -0.2) is 12.7 Å². The molecule has 0 aromatic carbocycles. The van der Waals surface area contributed by atoms with E-state index in [2.05, 4.69) is 5.32 Å². The Hall–Kier alpha value is -0.550. The summed E-state index contributed by atoms with van der Waals surface area (Å²) in [5, 5.41) is 5.11. The third-order valence-corrected chi connectivity index (χ3v) is 3.58. The zero-order valence-corrected chi connectivity index (χ0v) is 10.2. The molecule has 92 valence electrons. The summed E-state index contributed by atoms with van der Waals surface area (Å²) in [7, 11) is 0. The van der Waals surface area contributed by atoms with Crippen LogP contribution in [0.4, 0.5) is 13.2 Å². The zero-order valence-electron chi connectivity index (χ0n) is 9.40. The summed E-state index contributed by atoms with van der Waals surface area (Å²) in [5.74, 6) is 0. The fourth-order valence-corrected chi connectivity index (χ4v) is 2.49. The number of aryl methyl sites for hydroxylation is 1. The average molecular weight is 251 g/mol. The van der Waals surface area contributed by atoms with Crippen molar-refractivity contribution in [1.29, 1.82) is 0 Å². The molecule has 5 heteroatoms. The first-order valence-corrected chi connectivity index (χ1v) is 6.12. The van der Waals surface area contributed by atoms with Crippen LogP contribution in [0.3, 0.4) is 0 Å². The third kappa shape index (κ3) is 4.53. The van der Waals surface area contributed by atoms with Crippen LogP contribution in [-0.2, 0) is 0 Å². The van der Waals surface area contributed by atoms with E-state index < -0.39 is 12.6 Å². The molecule has 16 heavy (non-hydrogen) atoms. The lowest BCUT2D eigenvalue weighted by atomic mass is 10.2. The number of thiophene rings is 1. The van der Waals surface area contributed by atoms with Crippen molar-refractivity contribution in [3.05, 3.63) is 21.9 Å². The zero-order chi connectivity index (χ0) is 12.2. The minimum Gasteiger partial charge on any atom is -0.309 e. The van der Waals surface area contributed by atoms with Crippen molar-refractivity contribution in [2.45, 2.75) is 38.9 Å². The highest BCUT2D eigenvalue weighted by molar-refractivity contribution is 7.10. The third-order valence-electron chi connectivity index (χ3n) is 2.38. The maximum Gasteiger partial charge on any atom is 0.389 e. The van der Waals surface area contributed by atoms with Crippen molar-refractivity contribution in [3.8, 4) is 0 Å². The Morgan fingerprint density at radius 3 is 2.62 bits per heavy atom. The van der Waals surface area contributed by atoms with Crippen LogP contribution in [0, 0.1) is 6.92 Å². The van der Waals surface area contributed by atoms with Gasteiger partial charge in [0.2, 0.25) is 0 Å². The van der Waals surface area contributed by atoms with E-state index in [4.69, 9.17) is 0 Å². The first-order valence-electron chi connectivity index (χ1n) is 5.24. The fourth-order valence-electron chi connectivity index (χ4n) is 1.53. The predicted molar refractivity (Wildman–Crippen MR) is 60.8 cm³/mol. The number of nitrogens with one attached hydrogen (secondary N) is 1. The molecule has 0 fully saturated rings. The van der Waals surface area contributed by atoms with Gasteiger partial charge in [0.25, 0.3) is 0 Å². The maximum absolute atomic E-state index is 11.9. The summed E-state index contributed by atoms with van der Waals surface area (Å²) in [6, 6.07) is 2.15. The number of alkyl halides is 3. The maximum atomic E-state index is 11.9. The summed E-state index contributed by atoms with van der Waals surface area (Å²) in [6.07, 6.45) is -4.61. The van der Waals surface area contributed by atoms with Gasteiger partial charge in [0, 0.05) is 17.3 Å². The molecule has 0 aliphatic heterocycles. The van der Waals surface area contributed by atoms with Crippen LogP contribution in [0.2, 0.25) is 0 Å². The van der Waals surface area contributed by atoms with Gasteiger partial charge < -0.3 is 5.32 Å². The van der Waals surface area contributed by atoms with E-state index in [-0.39, 0.29) is 12.5 Å². The Labute approximate surface area is 97.7 Å². The Morgan fingerprint density at radius 1 is 1.44 bits per heavy atom. The minimum atomic E-state index is -4.04. The van der Waals surface area contributed by atoms with Gasteiger partial charge >= 0.3 is 6.18 Å². The molecule has 0 saturated carbocycles. The van der Waals surface area contributed by atoms with E-state index in [1.165, 1.54) is 10.4 Å². The number of halogens is 3. The Bertz CT molecular complexity index is 319. The van der Waals surface area contributed by atoms with E-state index in [9.17, 15) is 13.2 Å². The molecule has 1 nitrogen and oxygen atoms in total. The van der Waals surface area contributed by atoms with Gasteiger partial charge in [-0.3, -0.25) is 0 Å². The van der Waals surface area contributed by atoms with Gasteiger partial charge in [0.1, 0.15) is 0 Å². The minimum absolute atomic E-state index is 0.133. The molecule has 1 N–H and O–H groups in total. The normalized spacial score (nSPS) is 14.1. The molecular formula is C11H16F3NS. The summed E-state index contributed by atoms with van der Waals surface area (Å²) in [4.78, 5) is 1.20. The molecule has 1 rings (SSSR count). The molecule has 0 saturated heterocycles. The van der Waals surface area contributed by atoms with Crippen molar-refractivity contribution in [3.63, 3.8) is 0 Å². The van der Waals surface area contributed by atoms with E-state index in [0.29, 0.717) is 6.54 Å². The molecule has 1 aromatic rings. The second-order valence-electron chi connectivity index (χ2n) is 3.86. The molecule has 0 aliphatic carbocycles. The van der Waals surface area contributed by atoms with Gasteiger partial charge in [0.05, 0.1) is 0 Å². The van der Waals surface area contributed by atoms with Crippen molar-refractivity contribution in [2.24, 2.45) is 0 Å². The van der Waals surface area contributed by atoms with Crippen LogP contribution in [0.15, 0.2) is 11.4 Å². The molecule has 0 aliphatic rings. The Balaban J connectivity index is 2.26. The van der Waals surface area contributed by atoms with Crippen LogP contribution in [0.5, 0.6) is 0 Å². The largest absolute Gasteiger partial charge is 0.389 e. The second-order valence-corrected chi connectivity index (χ2v) is 4.81. The number of hydrogen-bond donors (Lipinski definition) is 1. The van der Waals surface area contributed by atoms with E-state index in [0.717, 1.165) is 0 Å². The molecule has 1 atom stereocenters. The fraction of sp³-hybridized carbons (Fsp3) is 0.636. The lowest BCUT2D eigenvalue weighted by Gasteiger charge is -2.13. The highest BCUT2D eigenvalue weighted by Gasteiger charge is 2.25. The molecule has 1 unspecified atom stereocenters. The highest BCUT2D eigenvalue weighted by atomic mass is 32.1. The van der Waals surface area contributed by atoms with E-state index in [1.54, 1.807) is 11.3 Å². The lowest BCUT2D eigenvalue weighted by molar-refractivity contribution is -0.135. The molecule has 0 amide bonds. The molecular weight excluding hydrogens is 235 g/mol. The second kappa shape index (κ2) is 5.68. The molecule has 1 heterocycles. The standard InChI is InChI=1S/C11H16F3NS/c1-8-4-7-16-10(8)9(2)15-6-3-5-11(12,13)14/h4,7,9,15H,3,5-6H2,1-2H3. The van der Waals surface area contributed by atoms with Crippen LogP contribution in [0.1, 0.15) is 36.2 Å². The Morgan fingerprint density at radius 2 is 2.12 bits per heavy atom. The highest BCUT2D eigenvalue weighted by Crippen LogP contribution is 2.24. The predicted octanol–water partition coefficient (Wildman–Crippen LogP) is 4.05. The van der Waals surface area contributed by atoms with Crippen LogP contribution < -0.4 is 5.32 Å². The number of rotatable bonds is 5.